The quantitative estimate of drug-likeness (QED) is 0.444. The van der Waals surface area contributed by atoms with Gasteiger partial charge in [-0.2, -0.15) is 11.8 Å². The molecule has 0 aliphatic carbocycles. The summed E-state index contributed by atoms with van der Waals surface area (Å²) in [5.41, 5.74) is 2.26. The number of benzene rings is 2. The fourth-order valence-electron chi connectivity index (χ4n) is 2.43. The molecular weight excluding hydrogens is 419 g/mol. The fourth-order valence-corrected chi connectivity index (χ4v) is 3.54. The predicted octanol–water partition coefficient (Wildman–Crippen LogP) is 5.92. The number of nitrogens with zero attached hydrogens (tertiary/aromatic N) is 1. The highest BCUT2D eigenvalue weighted by Crippen LogP contribution is 2.28. The molecule has 3 aromatic rings. The molecule has 2 aromatic carbocycles. The average Bonchev–Trinajstić information content (AvgIpc) is 3.15. The first-order valence-corrected chi connectivity index (χ1v) is 10.4. The molecule has 0 atom stereocenters. The number of nitrogens with one attached hydrogen (secondary N) is 1. The molecule has 3 rings (SSSR count). The van der Waals surface area contributed by atoms with Gasteiger partial charge in [0, 0.05) is 33.5 Å². The van der Waals surface area contributed by atoms with E-state index in [0.29, 0.717) is 45.3 Å². The third-order valence-electron chi connectivity index (χ3n) is 3.80. The van der Waals surface area contributed by atoms with Gasteiger partial charge < -0.3 is 14.5 Å². The van der Waals surface area contributed by atoms with E-state index in [0.717, 1.165) is 11.3 Å². The Hall–Kier alpha value is -2.15. The third-order valence-corrected chi connectivity index (χ3v) is 5.28. The molecule has 1 heterocycles. The number of carbonyl (C=O) groups excluding carboxylic acids is 1. The lowest BCUT2D eigenvalue weighted by Gasteiger charge is -2.10. The van der Waals surface area contributed by atoms with Crippen molar-refractivity contribution in [3.8, 4) is 17.2 Å². The molecule has 0 unspecified atom stereocenters. The lowest BCUT2D eigenvalue weighted by molar-refractivity contribution is -0.115. The van der Waals surface area contributed by atoms with Crippen LogP contribution in [0.3, 0.4) is 0 Å². The van der Waals surface area contributed by atoms with Crippen LogP contribution in [0.1, 0.15) is 12.1 Å². The van der Waals surface area contributed by atoms with Crippen LogP contribution in [0.2, 0.25) is 10.0 Å². The maximum Gasteiger partial charge on any atom is 0.226 e. The van der Waals surface area contributed by atoms with Crippen molar-refractivity contribution in [2.24, 2.45) is 0 Å². The predicted molar refractivity (Wildman–Crippen MR) is 114 cm³/mol. The van der Waals surface area contributed by atoms with Crippen molar-refractivity contribution in [2.45, 2.75) is 12.2 Å². The first kappa shape index (κ1) is 20.6. The molecule has 1 aromatic heterocycles. The minimum atomic E-state index is -0.102. The number of halogens is 2. The molecule has 0 spiro atoms. The molecule has 0 aliphatic heterocycles. The van der Waals surface area contributed by atoms with Crippen molar-refractivity contribution in [1.29, 1.82) is 0 Å². The van der Waals surface area contributed by atoms with Gasteiger partial charge in [-0.15, -0.1) is 0 Å². The number of rotatable bonds is 8. The van der Waals surface area contributed by atoms with Crippen molar-refractivity contribution in [3.05, 3.63) is 64.5 Å². The highest BCUT2D eigenvalue weighted by Gasteiger charge is 2.10. The van der Waals surface area contributed by atoms with Crippen LogP contribution in [0.5, 0.6) is 5.75 Å². The fraction of sp³-hybridized carbons (Fsp3) is 0.200. The van der Waals surface area contributed by atoms with Gasteiger partial charge in [-0.1, -0.05) is 23.2 Å². The van der Waals surface area contributed by atoms with Gasteiger partial charge in [-0.05, 0) is 42.5 Å². The molecular formula is C20H18Cl2N2O3S. The van der Waals surface area contributed by atoms with Gasteiger partial charge in [0.2, 0.25) is 11.8 Å². The van der Waals surface area contributed by atoms with Gasteiger partial charge in [-0.3, -0.25) is 4.79 Å². The molecule has 146 valence electrons. The number of thioether (sulfide) groups is 1. The first-order chi connectivity index (χ1) is 13.5. The summed E-state index contributed by atoms with van der Waals surface area (Å²) in [4.78, 5) is 16.6. The molecule has 8 heteroatoms. The molecule has 0 saturated heterocycles. The number of anilines is 1. The van der Waals surface area contributed by atoms with E-state index in [2.05, 4.69) is 10.3 Å². The number of aromatic nitrogens is 1. The summed E-state index contributed by atoms with van der Waals surface area (Å²) < 4.78 is 10.7. The summed E-state index contributed by atoms with van der Waals surface area (Å²) >= 11 is 13.5. The average molecular weight is 437 g/mol. The summed E-state index contributed by atoms with van der Waals surface area (Å²) in [6.07, 6.45) is 2.00. The first-order valence-electron chi connectivity index (χ1n) is 8.46. The second-order valence-electron chi connectivity index (χ2n) is 5.85. The van der Waals surface area contributed by atoms with Crippen molar-refractivity contribution >= 4 is 46.6 Å². The smallest absolute Gasteiger partial charge is 0.226 e. The highest BCUT2D eigenvalue weighted by atomic mass is 35.5. The molecule has 1 N–H and O–H groups in total. The second kappa shape index (κ2) is 9.87. The van der Waals surface area contributed by atoms with Gasteiger partial charge in [0.25, 0.3) is 0 Å². The summed E-state index contributed by atoms with van der Waals surface area (Å²) in [6.45, 7) is 0. The van der Waals surface area contributed by atoms with Crippen molar-refractivity contribution < 1.29 is 13.9 Å². The van der Waals surface area contributed by atoms with Crippen molar-refractivity contribution in [3.63, 3.8) is 0 Å². The van der Waals surface area contributed by atoms with E-state index in [4.69, 9.17) is 32.4 Å². The Balaban J connectivity index is 1.45. The van der Waals surface area contributed by atoms with E-state index in [-0.39, 0.29) is 5.91 Å². The molecule has 1 amide bonds. The van der Waals surface area contributed by atoms with E-state index < -0.39 is 0 Å². The standard InChI is InChI=1S/C20H18Cl2N2O3S/c1-26-18-7-6-15(22)10-17(18)24-19(25)8-9-28-12-16-11-27-20(23-16)13-2-4-14(21)5-3-13/h2-7,10-11H,8-9,12H2,1H3,(H,24,25). The number of hydrogen-bond acceptors (Lipinski definition) is 5. The zero-order valence-corrected chi connectivity index (χ0v) is 17.4. The van der Waals surface area contributed by atoms with Gasteiger partial charge >= 0.3 is 0 Å². The van der Waals surface area contributed by atoms with Crippen molar-refractivity contribution in [1.82, 2.24) is 4.98 Å². The summed E-state index contributed by atoms with van der Waals surface area (Å²) in [7, 11) is 1.55. The Bertz CT molecular complexity index is 945. The Morgan fingerprint density at radius 3 is 2.68 bits per heavy atom. The molecule has 0 bridgehead atoms. The topological polar surface area (TPSA) is 64.4 Å². The van der Waals surface area contributed by atoms with Crippen LogP contribution in [0.25, 0.3) is 11.5 Å². The van der Waals surface area contributed by atoms with E-state index in [1.165, 1.54) is 0 Å². The van der Waals surface area contributed by atoms with Crippen LogP contribution in [0, 0.1) is 0 Å². The lowest BCUT2D eigenvalue weighted by atomic mass is 10.2. The van der Waals surface area contributed by atoms with Crippen molar-refractivity contribution in [2.75, 3.05) is 18.2 Å². The molecule has 5 nitrogen and oxygen atoms in total. The van der Waals surface area contributed by atoms with E-state index in [9.17, 15) is 4.79 Å². The zero-order chi connectivity index (χ0) is 19.9. The normalized spacial score (nSPS) is 10.7. The number of carbonyl (C=O) groups is 1. The Labute approximate surface area is 177 Å². The van der Waals surface area contributed by atoms with Crippen LogP contribution in [-0.2, 0) is 10.5 Å². The highest BCUT2D eigenvalue weighted by molar-refractivity contribution is 7.98. The Morgan fingerprint density at radius 2 is 1.93 bits per heavy atom. The van der Waals surface area contributed by atoms with Crippen LogP contribution >= 0.6 is 35.0 Å². The second-order valence-corrected chi connectivity index (χ2v) is 7.82. The van der Waals surface area contributed by atoms with E-state index in [1.54, 1.807) is 55.5 Å². The van der Waals surface area contributed by atoms with Gasteiger partial charge in [-0.25, -0.2) is 4.98 Å². The zero-order valence-electron chi connectivity index (χ0n) is 15.1. The summed E-state index contributed by atoms with van der Waals surface area (Å²) in [5, 5.41) is 4.03. The number of hydrogen-bond donors (Lipinski definition) is 1. The maximum absolute atomic E-state index is 12.2. The van der Waals surface area contributed by atoms with Gasteiger partial charge in [0.15, 0.2) is 0 Å². The van der Waals surface area contributed by atoms with E-state index >= 15 is 0 Å². The number of oxazole rings is 1. The van der Waals surface area contributed by atoms with E-state index in [1.807, 2.05) is 12.1 Å². The Kier molecular flexibility index (Phi) is 7.25. The maximum atomic E-state index is 12.2. The summed E-state index contributed by atoms with van der Waals surface area (Å²) in [6, 6.07) is 12.4. The van der Waals surface area contributed by atoms with Crippen LogP contribution in [-0.4, -0.2) is 23.8 Å². The van der Waals surface area contributed by atoms with Crippen LogP contribution in [0.4, 0.5) is 5.69 Å². The largest absolute Gasteiger partial charge is 0.495 e. The monoisotopic (exact) mass is 436 g/mol. The number of ether oxygens (including phenoxy) is 1. The SMILES string of the molecule is COc1ccc(Cl)cc1NC(=O)CCSCc1coc(-c2ccc(Cl)cc2)n1. The van der Waals surface area contributed by atoms with Crippen LogP contribution < -0.4 is 10.1 Å². The summed E-state index contributed by atoms with van der Waals surface area (Å²) in [5.74, 6) is 2.33. The molecule has 0 fully saturated rings. The minimum Gasteiger partial charge on any atom is -0.495 e. The molecule has 28 heavy (non-hydrogen) atoms. The van der Waals surface area contributed by atoms with Gasteiger partial charge in [0.05, 0.1) is 18.5 Å². The third kappa shape index (κ3) is 5.67. The number of methoxy groups -OCH3 is 1. The van der Waals surface area contributed by atoms with Gasteiger partial charge in [0.1, 0.15) is 12.0 Å². The molecule has 0 aliphatic rings. The minimum absolute atomic E-state index is 0.102. The molecule has 0 radical (unpaired) electrons. The molecule has 0 saturated carbocycles. The van der Waals surface area contributed by atoms with Crippen LogP contribution in [0.15, 0.2) is 53.1 Å². The Morgan fingerprint density at radius 1 is 1.18 bits per heavy atom. The number of amides is 1. The lowest BCUT2D eigenvalue weighted by Crippen LogP contribution is -2.13.